The summed E-state index contributed by atoms with van der Waals surface area (Å²) in [4.78, 5) is 3.94. The van der Waals surface area contributed by atoms with Crippen molar-refractivity contribution in [2.24, 2.45) is 0 Å². The number of nitrogens with one attached hydrogen (secondary N) is 1. The van der Waals surface area contributed by atoms with Crippen molar-refractivity contribution in [2.75, 3.05) is 5.32 Å². The number of nitrogens with zero attached hydrogens (tertiary/aromatic N) is 1. The van der Waals surface area contributed by atoms with Gasteiger partial charge in [0.25, 0.3) is 0 Å². The summed E-state index contributed by atoms with van der Waals surface area (Å²) in [6, 6.07) is 6.14. The summed E-state index contributed by atoms with van der Waals surface area (Å²) in [7, 11) is 0. The number of fused-ring (bicyclic) bond motifs is 2. The lowest BCUT2D eigenvalue weighted by molar-refractivity contribution is -0.173. The zero-order valence-corrected chi connectivity index (χ0v) is 10.4. The van der Waals surface area contributed by atoms with Crippen molar-refractivity contribution >= 4 is 11.5 Å². The van der Waals surface area contributed by atoms with E-state index in [1.807, 2.05) is 0 Å². The molecule has 0 saturated carbocycles. The Morgan fingerprint density at radius 1 is 1.15 bits per heavy atom. The normalized spacial score (nSPS) is 20.9. The maximum atomic E-state index is 13.6. The number of alkyl halides is 3. The van der Waals surface area contributed by atoms with E-state index in [-0.39, 0.29) is 22.6 Å². The van der Waals surface area contributed by atoms with E-state index in [2.05, 4.69) is 10.3 Å². The molecule has 0 amide bonds. The number of hydrogen-bond donors (Lipinski definition) is 1. The molecule has 1 aliphatic heterocycles. The first-order valence-corrected chi connectivity index (χ1v) is 5.93. The van der Waals surface area contributed by atoms with E-state index in [1.165, 1.54) is 24.4 Å². The topological polar surface area (TPSA) is 24.9 Å². The van der Waals surface area contributed by atoms with Crippen LogP contribution >= 0.6 is 0 Å². The van der Waals surface area contributed by atoms with Gasteiger partial charge in [0, 0.05) is 17.4 Å². The van der Waals surface area contributed by atoms with Crippen LogP contribution in [0.15, 0.2) is 36.5 Å². The van der Waals surface area contributed by atoms with Gasteiger partial charge in [0.15, 0.2) is 0 Å². The van der Waals surface area contributed by atoms with Crippen LogP contribution < -0.4 is 5.32 Å². The molecule has 0 bridgehead atoms. The zero-order valence-electron chi connectivity index (χ0n) is 10.4. The first kappa shape index (κ1) is 12.9. The number of benzene rings is 1. The molecule has 0 fully saturated rings. The van der Waals surface area contributed by atoms with E-state index in [0.29, 0.717) is 0 Å². The first-order valence-electron chi connectivity index (χ1n) is 5.93. The maximum absolute atomic E-state index is 13.6. The fourth-order valence-corrected chi connectivity index (χ4v) is 2.53. The Labute approximate surface area is 112 Å². The molecule has 1 aromatic carbocycles. The van der Waals surface area contributed by atoms with Crippen molar-refractivity contribution < 1.29 is 17.6 Å². The Morgan fingerprint density at radius 3 is 2.60 bits per heavy atom. The van der Waals surface area contributed by atoms with E-state index in [0.717, 1.165) is 19.1 Å². The summed E-state index contributed by atoms with van der Waals surface area (Å²) in [6.45, 7) is 1.05. The van der Waals surface area contributed by atoms with Crippen molar-refractivity contribution in [3.05, 3.63) is 53.5 Å². The molecule has 1 unspecified atom stereocenters. The molecule has 2 heterocycles. The third-order valence-electron chi connectivity index (χ3n) is 3.69. The van der Waals surface area contributed by atoms with Gasteiger partial charge in [-0.3, -0.25) is 0 Å². The van der Waals surface area contributed by atoms with Gasteiger partial charge in [-0.25, -0.2) is 9.37 Å². The van der Waals surface area contributed by atoms with E-state index in [9.17, 15) is 17.6 Å². The smallest absolute Gasteiger partial charge is 0.340 e. The van der Waals surface area contributed by atoms with Gasteiger partial charge in [-0.05, 0) is 36.8 Å². The molecular formula is C14H10F4N2. The highest BCUT2D eigenvalue weighted by Gasteiger charge is 2.57. The first-order chi connectivity index (χ1) is 9.34. The predicted octanol–water partition coefficient (Wildman–Crippen LogP) is 4.15. The number of hydrogen-bond acceptors (Lipinski definition) is 2. The van der Waals surface area contributed by atoms with Gasteiger partial charge in [-0.15, -0.1) is 0 Å². The second-order valence-electron chi connectivity index (χ2n) is 4.84. The molecule has 3 rings (SSSR count). The molecule has 2 aromatic rings. The molecule has 0 aliphatic carbocycles. The van der Waals surface area contributed by atoms with Gasteiger partial charge in [-0.1, -0.05) is 6.07 Å². The zero-order chi connectivity index (χ0) is 14.5. The van der Waals surface area contributed by atoms with Gasteiger partial charge in [0.05, 0.1) is 0 Å². The molecule has 1 atom stereocenters. The maximum Gasteiger partial charge on any atom is 0.402 e. The van der Waals surface area contributed by atoms with Crippen LogP contribution in [-0.4, -0.2) is 11.2 Å². The van der Waals surface area contributed by atoms with Crippen LogP contribution in [0.5, 0.6) is 0 Å². The minimum absolute atomic E-state index is 0.00870. The van der Waals surface area contributed by atoms with Crippen LogP contribution in [0, 0.1) is 5.82 Å². The SMILES string of the molecule is CC1(C(F)(F)F)c2cc(F)ccc2Nc2ncccc21. The quantitative estimate of drug-likeness (QED) is 0.734. The summed E-state index contributed by atoms with van der Waals surface area (Å²) < 4.78 is 54.3. The third kappa shape index (κ3) is 1.60. The van der Waals surface area contributed by atoms with E-state index in [4.69, 9.17) is 0 Å². The Balaban J connectivity index is 2.36. The number of rotatable bonds is 0. The van der Waals surface area contributed by atoms with Gasteiger partial charge in [0.1, 0.15) is 17.1 Å². The van der Waals surface area contributed by atoms with Crippen LogP contribution in [0.3, 0.4) is 0 Å². The van der Waals surface area contributed by atoms with E-state index < -0.39 is 17.4 Å². The van der Waals surface area contributed by atoms with Crippen molar-refractivity contribution in [1.82, 2.24) is 4.98 Å². The molecule has 6 heteroatoms. The molecule has 104 valence electrons. The molecule has 1 N–H and O–H groups in total. The second-order valence-corrected chi connectivity index (χ2v) is 4.84. The highest BCUT2D eigenvalue weighted by atomic mass is 19.4. The molecular weight excluding hydrogens is 272 g/mol. The molecule has 0 radical (unpaired) electrons. The summed E-state index contributed by atoms with van der Waals surface area (Å²) in [5.74, 6) is -0.556. The summed E-state index contributed by atoms with van der Waals surface area (Å²) >= 11 is 0. The highest BCUT2D eigenvalue weighted by molar-refractivity contribution is 5.73. The summed E-state index contributed by atoms with van der Waals surface area (Å²) in [5.41, 5.74) is -2.22. The lowest BCUT2D eigenvalue weighted by Gasteiger charge is -2.38. The lowest BCUT2D eigenvalue weighted by atomic mass is 9.73. The lowest BCUT2D eigenvalue weighted by Crippen LogP contribution is -2.43. The third-order valence-corrected chi connectivity index (χ3v) is 3.69. The van der Waals surface area contributed by atoms with Gasteiger partial charge in [0.2, 0.25) is 0 Å². The van der Waals surface area contributed by atoms with E-state index >= 15 is 0 Å². The number of anilines is 2. The molecule has 1 aliphatic rings. The fraction of sp³-hybridized carbons (Fsp3) is 0.214. The van der Waals surface area contributed by atoms with Crippen molar-refractivity contribution in [3.8, 4) is 0 Å². The average molecular weight is 282 g/mol. The molecule has 20 heavy (non-hydrogen) atoms. The monoisotopic (exact) mass is 282 g/mol. The second kappa shape index (κ2) is 3.94. The van der Waals surface area contributed by atoms with Crippen LogP contribution in [0.2, 0.25) is 0 Å². The number of pyridine rings is 1. The Morgan fingerprint density at radius 2 is 1.90 bits per heavy atom. The molecule has 0 saturated heterocycles. The van der Waals surface area contributed by atoms with Gasteiger partial charge < -0.3 is 5.32 Å². The fourth-order valence-electron chi connectivity index (χ4n) is 2.53. The highest BCUT2D eigenvalue weighted by Crippen LogP contribution is 2.53. The molecule has 2 nitrogen and oxygen atoms in total. The Kier molecular flexibility index (Phi) is 2.54. The largest absolute Gasteiger partial charge is 0.402 e. The number of halogens is 4. The predicted molar refractivity (Wildman–Crippen MR) is 66.4 cm³/mol. The van der Waals surface area contributed by atoms with Crippen LogP contribution in [0.4, 0.5) is 29.1 Å². The standard InChI is InChI=1S/C14H10F4N2/c1-13(14(16,17)18)9-3-2-6-19-12(9)20-11-5-4-8(15)7-10(11)13/h2-7H,1H3,(H,19,20). The molecule has 0 spiro atoms. The van der Waals surface area contributed by atoms with Gasteiger partial charge >= 0.3 is 6.18 Å². The van der Waals surface area contributed by atoms with Crippen molar-refractivity contribution in [1.29, 1.82) is 0 Å². The minimum Gasteiger partial charge on any atom is -0.340 e. The van der Waals surface area contributed by atoms with Crippen molar-refractivity contribution in [2.45, 2.75) is 18.5 Å². The average Bonchev–Trinajstić information content (AvgIpc) is 2.39. The van der Waals surface area contributed by atoms with Gasteiger partial charge in [-0.2, -0.15) is 13.2 Å². The summed E-state index contributed by atoms with van der Waals surface area (Å²) in [6.07, 6.45) is -3.15. The van der Waals surface area contributed by atoms with Crippen molar-refractivity contribution in [3.63, 3.8) is 0 Å². The molecule has 1 aromatic heterocycles. The Bertz CT molecular complexity index is 681. The van der Waals surface area contributed by atoms with Crippen LogP contribution in [0.1, 0.15) is 18.1 Å². The number of aromatic nitrogens is 1. The van der Waals surface area contributed by atoms with Crippen LogP contribution in [0.25, 0.3) is 0 Å². The van der Waals surface area contributed by atoms with E-state index in [1.54, 1.807) is 0 Å². The summed E-state index contributed by atoms with van der Waals surface area (Å²) in [5, 5.41) is 2.82. The van der Waals surface area contributed by atoms with Crippen LogP contribution in [-0.2, 0) is 5.41 Å². The Hall–Kier alpha value is -2.11. The minimum atomic E-state index is -4.56.